The zero-order valence-corrected chi connectivity index (χ0v) is 11.9. The van der Waals surface area contributed by atoms with E-state index in [9.17, 15) is 4.79 Å². The summed E-state index contributed by atoms with van der Waals surface area (Å²) in [7, 11) is 0. The van der Waals surface area contributed by atoms with Gasteiger partial charge in [0.25, 0.3) is 5.91 Å². The number of aromatic amines is 1. The Morgan fingerprint density at radius 3 is 2.68 bits per heavy atom. The number of anilines is 1. The van der Waals surface area contributed by atoms with Gasteiger partial charge in [0.1, 0.15) is 0 Å². The lowest BCUT2D eigenvalue weighted by Crippen LogP contribution is -2.30. The average molecular weight is 268 g/mol. The number of carbonyl (C=O) groups is 1. The number of hydrogen-bond donors (Lipinski definition) is 4. The quantitative estimate of drug-likeness (QED) is 0.597. The monoisotopic (exact) mass is 268 g/mol. The summed E-state index contributed by atoms with van der Waals surface area (Å²) in [5.74, 6) is 0.211. The van der Waals surface area contributed by atoms with Gasteiger partial charge in [0.05, 0.1) is 11.4 Å². The summed E-state index contributed by atoms with van der Waals surface area (Å²) in [5, 5.41) is 18.5. The van der Waals surface area contributed by atoms with E-state index in [1.54, 1.807) is 0 Å². The molecule has 0 saturated carbocycles. The van der Waals surface area contributed by atoms with E-state index >= 15 is 0 Å². The van der Waals surface area contributed by atoms with Crippen molar-refractivity contribution in [3.8, 4) is 0 Å². The third-order valence-electron chi connectivity index (χ3n) is 3.29. The van der Waals surface area contributed by atoms with Crippen LogP contribution in [0.25, 0.3) is 0 Å². The van der Waals surface area contributed by atoms with Crippen LogP contribution < -0.4 is 11.1 Å². The number of H-pyrrole nitrogens is 1. The van der Waals surface area contributed by atoms with Crippen LogP contribution >= 0.6 is 0 Å². The smallest absolute Gasteiger partial charge is 0.273 e. The normalized spacial score (nSPS) is 12.7. The number of nitrogens with one attached hydrogen (secondary N) is 2. The molecule has 0 aromatic carbocycles. The number of nitrogens with zero attached hydrogens (tertiary/aromatic N) is 1. The summed E-state index contributed by atoms with van der Waals surface area (Å²) < 4.78 is 0. The molecule has 0 radical (unpaired) electrons. The Morgan fingerprint density at radius 1 is 1.53 bits per heavy atom. The average Bonchev–Trinajstić information content (AvgIpc) is 2.76. The number of aliphatic hydroxyl groups is 1. The van der Waals surface area contributed by atoms with Gasteiger partial charge in [0.15, 0.2) is 5.69 Å². The minimum Gasteiger partial charge on any atom is -0.396 e. The lowest BCUT2D eigenvalue weighted by atomic mass is 10.0. The summed E-state index contributed by atoms with van der Waals surface area (Å²) >= 11 is 0. The van der Waals surface area contributed by atoms with Crippen LogP contribution in [0.2, 0.25) is 0 Å². The minimum absolute atomic E-state index is 0.135. The van der Waals surface area contributed by atoms with Gasteiger partial charge in [-0.2, -0.15) is 5.10 Å². The van der Waals surface area contributed by atoms with Crippen molar-refractivity contribution in [1.82, 2.24) is 15.5 Å². The first-order chi connectivity index (χ1) is 9.01. The van der Waals surface area contributed by atoms with E-state index in [2.05, 4.69) is 15.5 Å². The fourth-order valence-electron chi connectivity index (χ4n) is 1.93. The highest BCUT2D eigenvalue weighted by Gasteiger charge is 2.19. The van der Waals surface area contributed by atoms with Crippen molar-refractivity contribution in [3.05, 3.63) is 11.4 Å². The van der Waals surface area contributed by atoms with E-state index in [-0.39, 0.29) is 30.0 Å². The van der Waals surface area contributed by atoms with Crippen LogP contribution in [0.1, 0.15) is 55.7 Å². The molecule has 0 aliphatic carbocycles. The number of nitrogens with two attached hydrogens (primary N) is 1. The summed E-state index contributed by atoms with van der Waals surface area (Å²) in [5.41, 5.74) is 7.36. The van der Waals surface area contributed by atoms with Gasteiger partial charge in [0.2, 0.25) is 0 Å². The van der Waals surface area contributed by atoms with E-state index in [1.807, 2.05) is 20.8 Å². The number of hydrogen-bond acceptors (Lipinski definition) is 4. The molecule has 1 heterocycles. The molecular formula is C13H24N4O2. The van der Waals surface area contributed by atoms with Gasteiger partial charge >= 0.3 is 0 Å². The number of aromatic nitrogens is 2. The molecule has 0 aliphatic rings. The molecule has 0 saturated heterocycles. The van der Waals surface area contributed by atoms with Crippen molar-refractivity contribution in [2.45, 2.75) is 39.5 Å². The second-order valence-electron chi connectivity index (χ2n) is 5.05. The molecule has 108 valence electrons. The Kier molecular flexibility index (Phi) is 5.82. The Bertz CT molecular complexity index is 415. The molecule has 0 fully saturated rings. The van der Waals surface area contributed by atoms with E-state index < -0.39 is 0 Å². The standard InChI is InChI=1S/C13H24N4O2/c1-4-9(5-6-18)7-15-13(19)12-10(14)11(8(2)3)16-17-12/h8-9,18H,4-7,14H2,1-3H3,(H,15,19)(H,16,17). The van der Waals surface area contributed by atoms with Crippen LogP contribution in [0.3, 0.4) is 0 Å². The number of aliphatic hydroxyl groups excluding tert-OH is 1. The van der Waals surface area contributed by atoms with Crippen LogP contribution in [-0.4, -0.2) is 34.4 Å². The first kappa shape index (κ1) is 15.5. The molecule has 1 atom stereocenters. The maximum Gasteiger partial charge on any atom is 0.273 e. The van der Waals surface area contributed by atoms with Gasteiger partial charge < -0.3 is 16.2 Å². The zero-order chi connectivity index (χ0) is 14.4. The zero-order valence-electron chi connectivity index (χ0n) is 11.9. The van der Waals surface area contributed by atoms with Crippen LogP contribution in [-0.2, 0) is 0 Å². The maximum absolute atomic E-state index is 12.0. The maximum atomic E-state index is 12.0. The van der Waals surface area contributed by atoms with Gasteiger partial charge in [-0.25, -0.2) is 0 Å². The van der Waals surface area contributed by atoms with Gasteiger partial charge in [-0.1, -0.05) is 27.2 Å². The van der Waals surface area contributed by atoms with Crippen molar-refractivity contribution in [2.75, 3.05) is 18.9 Å². The molecule has 1 aromatic rings. The van der Waals surface area contributed by atoms with Crippen molar-refractivity contribution in [2.24, 2.45) is 5.92 Å². The molecule has 19 heavy (non-hydrogen) atoms. The van der Waals surface area contributed by atoms with E-state index in [0.717, 1.165) is 12.1 Å². The van der Waals surface area contributed by atoms with Crippen LogP contribution in [0.4, 0.5) is 5.69 Å². The molecule has 0 aliphatic heterocycles. The predicted molar refractivity (Wildman–Crippen MR) is 74.9 cm³/mol. The third kappa shape index (κ3) is 3.96. The molecule has 5 N–H and O–H groups in total. The fraction of sp³-hybridized carbons (Fsp3) is 0.692. The Balaban J connectivity index is 2.63. The SMILES string of the molecule is CCC(CCO)CNC(=O)c1n[nH]c(C(C)C)c1N. The molecule has 1 rings (SSSR count). The fourth-order valence-corrected chi connectivity index (χ4v) is 1.93. The van der Waals surface area contributed by atoms with E-state index in [1.165, 1.54) is 0 Å². The predicted octanol–water partition coefficient (Wildman–Crippen LogP) is 1.25. The number of amides is 1. The van der Waals surface area contributed by atoms with Crippen molar-refractivity contribution in [3.63, 3.8) is 0 Å². The third-order valence-corrected chi connectivity index (χ3v) is 3.29. The number of rotatable bonds is 7. The molecule has 1 amide bonds. The molecule has 0 spiro atoms. The van der Waals surface area contributed by atoms with E-state index in [4.69, 9.17) is 10.8 Å². The lowest BCUT2D eigenvalue weighted by Gasteiger charge is -2.13. The highest BCUT2D eigenvalue weighted by molar-refractivity contribution is 5.97. The second-order valence-corrected chi connectivity index (χ2v) is 5.05. The van der Waals surface area contributed by atoms with Crippen molar-refractivity contribution < 1.29 is 9.90 Å². The Labute approximate surface area is 113 Å². The molecule has 0 bridgehead atoms. The van der Waals surface area contributed by atoms with Gasteiger partial charge in [-0.3, -0.25) is 9.89 Å². The molecule has 1 aromatic heterocycles. The highest BCUT2D eigenvalue weighted by Crippen LogP contribution is 2.21. The molecule has 6 nitrogen and oxygen atoms in total. The van der Waals surface area contributed by atoms with Crippen LogP contribution in [0, 0.1) is 5.92 Å². The van der Waals surface area contributed by atoms with Gasteiger partial charge in [0, 0.05) is 13.2 Å². The largest absolute Gasteiger partial charge is 0.396 e. The van der Waals surface area contributed by atoms with Gasteiger partial charge in [-0.15, -0.1) is 0 Å². The minimum atomic E-state index is -0.267. The first-order valence-electron chi connectivity index (χ1n) is 6.74. The number of nitrogen functional groups attached to an aromatic ring is 1. The van der Waals surface area contributed by atoms with Gasteiger partial charge in [-0.05, 0) is 18.3 Å². The van der Waals surface area contributed by atoms with Crippen molar-refractivity contribution >= 4 is 11.6 Å². The Morgan fingerprint density at radius 2 is 2.21 bits per heavy atom. The van der Waals surface area contributed by atoms with Crippen LogP contribution in [0.5, 0.6) is 0 Å². The van der Waals surface area contributed by atoms with Crippen molar-refractivity contribution in [1.29, 1.82) is 0 Å². The Hall–Kier alpha value is -1.56. The molecule has 6 heteroatoms. The molecule has 1 unspecified atom stereocenters. The second kappa shape index (κ2) is 7.13. The van der Waals surface area contributed by atoms with E-state index in [0.29, 0.717) is 18.7 Å². The lowest BCUT2D eigenvalue weighted by molar-refractivity contribution is 0.0939. The summed E-state index contributed by atoms with van der Waals surface area (Å²) in [6.45, 7) is 6.67. The van der Waals surface area contributed by atoms with Crippen LogP contribution in [0.15, 0.2) is 0 Å². The topological polar surface area (TPSA) is 104 Å². The molecular weight excluding hydrogens is 244 g/mol. The number of carbonyl (C=O) groups excluding carboxylic acids is 1. The first-order valence-corrected chi connectivity index (χ1v) is 6.74. The summed E-state index contributed by atoms with van der Waals surface area (Å²) in [6.07, 6.45) is 1.60. The summed E-state index contributed by atoms with van der Waals surface area (Å²) in [6, 6.07) is 0. The summed E-state index contributed by atoms with van der Waals surface area (Å²) in [4.78, 5) is 12.0. The highest BCUT2D eigenvalue weighted by atomic mass is 16.3.